The molecule has 4 rings (SSSR count). The minimum atomic E-state index is -0.138. The van der Waals surface area contributed by atoms with Crippen molar-refractivity contribution in [3.05, 3.63) is 52.4 Å². The van der Waals surface area contributed by atoms with Crippen LogP contribution in [0.25, 0.3) is 0 Å². The van der Waals surface area contributed by atoms with E-state index in [1.54, 1.807) is 6.07 Å². The number of hydrogen-bond donors (Lipinski definition) is 1. The predicted molar refractivity (Wildman–Crippen MR) is 95.6 cm³/mol. The van der Waals surface area contributed by atoms with Gasteiger partial charge in [-0.15, -0.1) is 0 Å². The van der Waals surface area contributed by atoms with Gasteiger partial charge in [-0.25, -0.2) is 0 Å². The average Bonchev–Trinajstić information content (AvgIpc) is 3.22. The summed E-state index contributed by atoms with van der Waals surface area (Å²) in [4.78, 5) is 14.8. The average molecular weight is 360 g/mol. The van der Waals surface area contributed by atoms with E-state index in [1.807, 2.05) is 24.3 Å². The van der Waals surface area contributed by atoms with Gasteiger partial charge in [-0.3, -0.25) is 9.69 Å². The summed E-state index contributed by atoms with van der Waals surface area (Å²) in [7, 11) is 0. The molecular formula is C19H22ClN3O2. The van der Waals surface area contributed by atoms with E-state index in [-0.39, 0.29) is 11.9 Å². The van der Waals surface area contributed by atoms with Crippen molar-refractivity contribution in [3.63, 3.8) is 0 Å². The third kappa shape index (κ3) is 3.88. The number of rotatable bonds is 5. The Morgan fingerprint density at radius 1 is 1.32 bits per heavy atom. The molecule has 2 heterocycles. The molecule has 2 atom stereocenters. The van der Waals surface area contributed by atoms with Crippen molar-refractivity contribution in [2.45, 2.75) is 38.3 Å². The Bertz CT molecular complexity index is 754. The third-order valence-corrected chi connectivity index (χ3v) is 5.32. The minimum Gasteiger partial charge on any atom is -0.360 e. The molecular weight excluding hydrogens is 338 g/mol. The molecule has 1 aromatic heterocycles. The highest BCUT2D eigenvalue weighted by molar-refractivity contribution is 6.30. The molecule has 1 aliphatic carbocycles. The Hall–Kier alpha value is -1.85. The summed E-state index contributed by atoms with van der Waals surface area (Å²) in [6.45, 7) is 4.83. The fourth-order valence-electron chi connectivity index (χ4n) is 3.43. The quantitative estimate of drug-likeness (QED) is 0.888. The van der Waals surface area contributed by atoms with Gasteiger partial charge in [-0.2, -0.15) is 0 Å². The van der Waals surface area contributed by atoms with E-state index >= 15 is 0 Å². The van der Waals surface area contributed by atoms with Crippen LogP contribution in [0.1, 0.15) is 47.5 Å². The van der Waals surface area contributed by atoms with Crippen molar-refractivity contribution in [2.75, 3.05) is 13.1 Å². The summed E-state index contributed by atoms with van der Waals surface area (Å²) in [6, 6.07) is 9.84. The molecule has 1 aliphatic heterocycles. The van der Waals surface area contributed by atoms with Crippen molar-refractivity contribution >= 4 is 17.5 Å². The van der Waals surface area contributed by atoms with Crippen LogP contribution in [-0.4, -0.2) is 35.1 Å². The lowest BCUT2D eigenvalue weighted by Crippen LogP contribution is -2.39. The second-order valence-electron chi connectivity index (χ2n) is 7.27. The Labute approximate surface area is 152 Å². The highest BCUT2D eigenvalue weighted by Gasteiger charge is 2.32. The van der Waals surface area contributed by atoms with Crippen LogP contribution in [0.5, 0.6) is 0 Å². The molecule has 0 spiro atoms. The molecule has 1 aromatic carbocycles. The first kappa shape index (κ1) is 16.6. The number of likely N-dealkylation sites (tertiary alicyclic amines) is 1. The summed E-state index contributed by atoms with van der Waals surface area (Å²) in [5, 5.41) is 7.80. The van der Waals surface area contributed by atoms with Gasteiger partial charge in [0, 0.05) is 42.7 Å². The zero-order chi connectivity index (χ0) is 17.4. The Balaban J connectivity index is 1.34. The summed E-state index contributed by atoms with van der Waals surface area (Å²) < 4.78 is 5.28. The van der Waals surface area contributed by atoms with Crippen molar-refractivity contribution in [3.8, 4) is 0 Å². The maximum Gasteiger partial charge on any atom is 0.273 e. The van der Waals surface area contributed by atoms with Crippen LogP contribution < -0.4 is 5.32 Å². The van der Waals surface area contributed by atoms with Gasteiger partial charge in [-0.1, -0.05) is 35.8 Å². The number of nitrogens with one attached hydrogen (secondary N) is 1. The lowest BCUT2D eigenvalue weighted by molar-refractivity contribution is 0.0922. The van der Waals surface area contributed by atoms with Crippen LogP contribution in [-0.2, 0) is 6.54 Å². The molecule has 132 valence electrons. The lowest BCUT2D eigenvalue weighted by Gasteiger charge is -2.16. The van der Waals surface area contributed by atoms with Gasteiger partial charge in [0.1, 0.15) is 5.76 Å². The number of hydrogen-bond acceptors (Lipinski definition) is 4. The second-order valence-corrected chi connectivity index (χ2v) is 7.70. The lowest BCUT2D eigenvalue weighted by atomic mass is 10.1. The zero-order valence-corrected chi connectivity index (χ0v) is 15.0. The van der Waals surface area contributed by atoms with E-state index in [9.17, 15) is 4.79 Å². The van der Waals surface area contributed by atoms with Gasteiger partial charge >= 0.3 is 0 Å². The van der Waals surface area contributed by atoms with Gasteiger partial charge in [-0.05, 0) is 36.5 Å². The molecule has 1 saturated carbocycles. The fourth-order valence-corrected chi connectivity index (χ4v) is 3.56. The summed E-state index contributed by atoms with van der Waals surface area (Å²) >= 11 is 5.94. The first-order valence-electron chi connectivity index (χ1n) is 8.83. The van der Waals surface area contributed by atoms with Gasteiger partial charge in [0.2, 0.25) is 0 Å². The number of nitrogens with zero attached hydrogens (tertiary/aromatic N) is 2. The smallest absolute Gasteiger partial charge is 0.273 e. The maximum absolute atomic E-state index is 12.4. The molecule has 1 amide bonds. The zero-order valence-electron chi connectivity index (χ0n) is 14.2. The SMILES string of the molecule is C[C@H]1CN(Cc2ccc(Cl)cc2)C[C@H]1NC(=O)c1cc(C2CC2)on1. The normalized spacial score (nSPS) is 23.8. The van der Waals surface area contributed by atoms with Crippen LogP contribution >= 0.6 is 11.6 Å². The minimum absolute atomic E-state index is 0.126. The largest absolute Gasteiger partial charge is 0.360 e. The van der Waals surface area contributed by atoms with E-state index in [1.165, 1.54) is 5.56 Å². The van der Waals surface area contributed by atoms with Crippen LogP contribution in [0.15, 0.2) is 34.9 Å². The van der Waals surface area contributed by atoms with Crippen molar-refractivity contribution in [1.82, 2.24) is 15.4 Å². The fraction of sp³-hybridized carbons (Fsp3) is 0.474. The molecule has 0 radical (unpaired) electrons. The van der Waals surface area contributed by atoms with E-state index < -0.39 is 0 Å². The van der Waals surface area contributed by atoms with Gasteiger partial charge in [0.05, 0.1) is 0 Å². The Kier molecular flexibility index (Phi) is 4.52. The highest BCUT2D eigenvalue weighted by Crippen LogP contribution is 2.40. The molecule has 1 saturated heterocycles. The molecule has 6 heteroatoms. The summed E-state index contributed by atoms with van der Waals surface area (Å²) in [5.41, 5.74) is 1.62. The highest BCUT2D eigenvalue weighted by atomic mass is 35.5. The molecule has 2 aromatic rings. The molecule has 0 unspecified atom stereocenters. The van der Waals surface area contributed by atoms with Crippen LogP contribution in [0, 0.1) is 5.92 Å². The Morgan fingerprint density at radius 3 is 2.80 bits per heavy atom. The van der Waals surface area contributed by atoms with Crippen molar-refractivity contribution in [1.29, 1.82) is 0 Å². The predicted octanol–water partition coefficient (Wildman–Crippen LogP) is 3.46. The molecule has 5 nitrogen and oxygen atoms in total. The third-order valence-electron chi connectivity index (χ3n) is 5.06. The van der Waals surface area contributed by atoms with Gasteiger partial charge < -0.3 is 9.84 Å². The molecule has 25 heavy (non-hydrogen) atoms. The topological polar surface area (TPSA) is 58.4 Å². The number of carbonyl (C=O) groups excluding carboxylic acids is 1. The monoisotopic (exact) mass is 359 g/mol. The molecule has 2 fully saturated rings. The van der Waals surface area contributed by atoms with Gasteiger partial charge in [0.15, 0.2) is 5.69 Å². The standard InChI is InChI=1S/C19H22ClN3O2/c1-12-9-23(10-13-2-6-15(20)7-3-13)11-17(12)21-19(24)16-8-18(25-22-16)14-4-5-14/h2-3,6-8,12,14,17H,4-5,9-11H2,1H3,(H,21,24)/t12-,17+/m0/s1. The van der Waals surface area contributed by atoms with Crippen LogP contribution in [0.3, 0.4) is 0 Å². The summed E-state index contributed by atoms with van der Waals surface area (Å²) in [5.74, 6) is 1.57. The molecule has 1 N–H and O–H groups in total. The number of aromatic nitrogens is 1. The van der Waals surface area contributed by atoms with Crippen LogP contribution in [0.2, 0.25) is 5.02 Å². The van der Waals surface area contributed by atoms with E-state index in [0.717, 1.165) is 43.3 Å². The number of halogens is 1. The van der Waals surface area contributed by atoms with Gasteiger partial charge in [0.25, 0.3) is 5.91 Å². The van der Waals surface area contributed by atoms with E-state index in [2.05, 4.69) is 22.3 Å². The van der Waals surface area contributed by atoms with Crippen molar-refractivity contribution < 1.29 is 9.32 Å². The Morgan fingerprint density at radius 2 is 2.08 bits per heavy atom. The molecule has 2 aliphatic rings. The van der Waals surface area contributed by atoms with E-state index in [0.29, 0.717) is 17.5 Å². The van der Waals surface area contributed by atoms with Crippen LogP contribution in [0.4, 0.5) is 0 Å². The van der Waals surface area contributed by atoms with E-state index in [4.69, 9.17) is 16.1 Å². The first-order valence-corrected chi connectivity index (χ1v) is 9.20. The second kappa shape index (κ2) is 6.81. The summed E-state index contributed by atoms with van der Waals surface area (Å²) in [6.07, 6.45) is 2.27. The number of amides is 1. The molecule has 0 bridgehead atoms. The maximum atomic E-state index is 12.4. The number of carbonyl (C=O) groups is 1. The number of benzene rings is 1. The van der Waals surface area contributed by atoms with Crippen molar-refractivity contribution in [2.24, 2.45) is 5.92 Å². The first-order chi connectivity index (χ1) is 12.1.